The van der Waals surface area contributed by atoms with E-state index in [9.17, 15) is 18.0 Å². The minimum Gasteiger partial charge on any atom is -0.489 e. The molecule has 0 bridgehead atoms. The van der Waals surface area contributed by atoms with Gasteiger partial charge in [-0.2, -0.15) is 4.31 Å². The van der Waals surface area contributed by atoms with Gasteiger partial charge in [-0.05, 0) is 58.4 Å². The highest BCUT2D eigenvalue weighted by atomic mass is 32.2. The number of benzene rings is 1. The number of aryl methyl sites for hydroxylation is 1. The molecule has 0 saturated carbocycles. The molecule has 9 heteroatoms. The monoisotopic (exact) mass is 449 g/mol. The zero-order chi connectivity index (χ0) is 23.5. The van der Waals surface area contributed by atoms with E-state index in [4.69, 9.17) is 4.74 Å². The molecule has 2 N–H and O–H groups in total. The highest BCUT2D eigenvalue weighted by Gasteiger charge is 2.25. The number of H-pyrrole nitrogens is 1. The van der Waals surface area contributed by atoms with Gasteiger partial charge in [0, 0.05) is 24.3 Å². The average Bonchev–Trinajstić information content (AvgIpc) is 2.97. The first kappa shape index (κ1) is 24.6. The number of rotatable bonds is 9. The second-order valence-electron chi connectivity index (χ2n) is 7.55. The van der Waals surface area contributed by atoms with Gasteiger partial charge in [-0.15, -0.1) is 0 Å². The summed E-state index contributed by atoms with van der Waals surface area (Å²) in [7, 11) is -3.72. The predicted molar refractivity (Wildman–Crippen MR) is 121 cm³/mol. The normalized spacial score (nSPS) is 11.8. The summed E-state index contributed by atoms with van der Waals surface area (Å²) < 4.78 is 33.0. The summed E-state index contributed by atoms with van der Waals surface area (Å²) >= 11 is 0. The van der Waals surface area contributed by atoms with E-state index < -0.39 is 15.9 Å². The van der Waals surface area contributed by atoms with Gasteiger partial charge in [-0.25, -0.2) is 8.42 Å². The molecule has 1 aromatic heterocycles. The second kappa shape index (κ2) is 9.65. The summed E-state index contributed by atoms with van der Waals surface area (Å²) in [5.41, 5.74) is 2.10. The number of anilines is 1. The molecule has 1 aromatic carbocycles. The zero-order valence-corrected chi connectivity index (χ0v) is 19.9. The van der Waals surface area contributed by atoms with Crippen molar-refractivity contribution in [3.05, 3.63) is 40.7 Å². The number of carbonyl (C=O) groups excluding carboxylic acids is 2. The van der Waals surface area contributed by atoms with Crippen molar-refractivity contribution in [2.45, 2.75) is 59.5 Å². The van der Waals surface area contributed by atoms with E-state index in [2.05, 4.69) is 10.3 Å². The van der Waals surface area contributed by atoms with Crippen molar-refractivity contribution < 1.29 is 22.7 Å². The molecule has 0 spiro atoms. The Balaban J connectivity index is 2.52. The van der Waals surface area contributed by atoms with Gasteiger partial charge in [0.05, 0.1) is 16.7 Å². The molecule has 0 radical (unpaired) electrons. The molecule has 1 amide bonds. The first-order valence-corrected chi connectivity index (χ1v) is 11.7. The number of nitrogens with one attached hydrogen (secondary N) is 2. The standard InChI is InChI=1S/C22H31N3O5S/c1-8-25(9-2)31(28,29)17-10-11-19(30-13(3)4)18(12-17)24-22(27)21-14(5)20(16(7)26)15(6)23-21/h10-13,23H,8-9H2,1-7H3,(H,24,27). The molecule has 0 unspecified atom stereocenters. The molecule has 0 aliphatic heterocycles. The van der Waals surface area contributed by atoms with Crippen LogP contribution in [0.25, 0.3) is 0 Å². The molecule has 1 heterocycles. The molecule has 0 atom stereocenters. The number of ether oxygens (including phenoxy) is 1. The van der Waals surface area contributed by atoms with Crippen LogP contribution < -0.4 is 10.1 Å². The van der Waals surface area contributed by atoms with Crippen LogP contribution in [0.1, 0.15) is 66.7 Å². The van der Waals surface area contributed by atoms with E-state index in [1.165, 1.54) is 23.4 Å². The minimum atomic E-state index is -3.72. The van der Waals surface area contributed by atoms with Crippen LogP contribution in [0.3, 0.4) is 0 Å². The number of hydrogen-bond acceptors (Lipinski definition) is 5. The van der Waals surface area contributed by atoms with Gasteiger partial charge in [0.25, 0.3) is 5.91 Å². The third-order valence-electron chi connectivity index (χ3n) is 4.92. The van der Waals surface area contributed by atoms with Crippen molar-refractivity contribution in [3.8, 4) is 5.75 Å². The fourth-order valence-corrected chi connectivity index (χ4v) is 5.01. The number of aromatic amines is 1. The van der Waals surface area contributed by atoms with Crippen LogP contribution in [0.2, 0.25) is 0 Å². The lowest BCUT2D eigenvalue weighted by Gasteiger charge is -2.20. The smallest absolute Gasteiger partial charge is 0.272 e. The molecular weight excluding hydrogens is 418 g/mol. The minimum absolute atomic E-state index is 0.0615. The van der Waals surface area contributed by atoms with Gasteiger partial charge < -0.3 is 15.0 Å². The topological polar surface area (TPSA) is 109 Å². The highest BCUT2D eigenvalue weighted by Crippen LogP contribution is 2.31. The first-order chi connectivity index (χ1) is 14.4. The maximum Gasteiger partial charge on any atom is 0.272 e. The fourth-order valence-electron chi connectivity index (χ4n) is 3.53. The molecule has 0 saturated heterocycles. The Morgan fingerprint density at radius 3 is 2.26 bits per heavy atom. The van der Waals surface area contributed by atoms with E-state index in [1.54, 1.807) is 33.8 Å². The summed E-state index contributed by atoms with van der Waals surface area (Å²) in [6, 6.07) is 4.42. The zero-order valence-electron chi connectivity index (χ0n) is 19.1. The third-order valence-corrected chi connectivity index (χ3v) is 6.97. The molecule has 2 aromatic rings. The van der Waals surface area contributed by atoms with Crippen molar-refractivity contribution in [3.63, 3.8) is 0 Å². The number of nitrogens with zero attached hydrogens (tertiary/aromatic N) is 1. The fraction of sp³-hybridized carbons (Fsp3) is 0.455. The summed E-state index contributed by atoms with van der Waals surface area (Å²) in [4.78, 5) is 27.9. The lowest BCUT2D eigenvalue weighted by Crippen LogP contribution is -2.30. The van der Waals surface area contributed by atoms with Crippen molar-refractivity contribution >= 4 is 27.4 Å². The van der Waals surface area contributed by atoms with Gasteiger partial charge in [0.2, 0.25) is 10.0 Å². The van der Waals surface area contributed by atoms with Gasteiger partial charge in [0.1, 0.15) is 11.4 Å². The van der Waals surface area contributed by atoms with Crippen molar-refractivity contribution in [2.24, 2.45) is 0 Å². The van der Waals surface area contributed by atoms with E-state index >= 15 is 0 Å². The van der Waals surface area contributed by atoms with Gasteiger partial charge in [-0.1, -0.05) is 13.8 Å². The molecule has 0 aliphatic rings. The Morgan fingerprint density at radius 2 is 1.77 bits per heavy atom. The lowest BCUT2D eigenvalue weighted by molar-refractivity contribution is 0.101. The molecule has 0 aliphatic carbocycles. The van der Waals surface area contributed by atoms with Crippen molar-refractivity contribution in [1.29, 1.82) is 0 Å². The van der Waals surface area contributed by atoms with E-state index in [0.717, 1.165) is 0 Å². The number of ketones is 1. The Morgan fingerprint density at radius 1 is 1.16 bits per heavy atom. The number of carbonyl (C=O) groups is 2. The van der Waals surface area contributed by atoms with Crippen LogP contribution >= 0.6 is 0 Å². The molecule has 31 heavy (non-hydrogen) atoms. The summed E-state index contributed by atoms with van der Waals surface area (Å²) in [6.07, 6.45) is -0.181. The van der Waals surface area contributed by atoms with E-state index in [-0.39, 0.29) is 28.2 Å². The number of sulfonamides is 1. The van der Waals surface area contributed by atoms with Crippen LogP contribution in [-0.4, -0.2) is 48.6 Å². The van der Waals surface area contributed by atoms with Gasteiger partial charge in [0.15, 0.2) is 5.78 Å². The van der Waals surface area contributed by atoms with Crippen LogP contribution in [-0.2, 0) is 10.0 Å². The highest BCUT2D eigenvalue weighted by molar-refractivity contribution is 7.89. The summed E-state index contributed by atoms with van der Waals surface area (Å²) in [5.74, 6) is -0.268. The van der Waals surface area contributed by atoms with Crippen molar-refractivity contribution in [1.82, 2.24) is 9.29 Å². The molecule has 8 nitrogen and oxygen atoms in total. The quantitative estimate of drug-likeness (QED) is 0.564. The predicted octanol–water partition coefficient (Wildman–Crippen LogP) is 3.90. The Labute approximate surface area is 184 Å². The Hall–Kier alpha value is -2.65. The maximum absolute atomic E-state index is 13.0. The molecular formula is C22H31N3O5S. The van der Waals surface area contributed by atoms with Crippen molar-refractivity contribution in [2.75, 3.05) is 18.4 Å². The largest absolute Gasteiger partial charge is 0.489 e. The molecule has 0 fully saturated rings. The number of Topliss-reactive ketones (excluding diaryl/α,β-unsaturated/α-hetero) is 1. The van der Waals surface area contributed by atoms with E-state index in [0.29, 0.717) is 35.7 Å². The summed E-state index contributed by atoms with van der Waals surface area (Å²) in [5, 5.41) is 2.75. The second-order valence-corrected chi connectivity index (χ2v) is 9.49. The third kappa shape index (κ3) is 5.16. The van der Waals surface area contributed by atoms with Crippen LogP contribution in [0.5, 0.6) is 5.75 Å². The van der Waals surface area contributed by atoms with E-state index in [1.807, 2.05) is 13.8 Å². The molecule has 170 valence electrons. The lowest BCUT2D eigenvalue weighted by atomic mass is 10.1. The van der Waals surface area contributed by atoms with Gasteiger partial charge in [-0.3, -0.25) is 9.59 Å². The van der Waals surface area contributed by atoms with Gasteiger partial charge >= 0.3 is 0 Å². The maximum atomic E-state index is 13.0. The average molecular weight is 450 g/mol. The summed E-state index contributed by atoms with van der Waals surface area (Å²) in [6.45, 7) is 12.7. The molecule has 2 rings (SSSR count). The van der Waals surface area contributed by atoms with Crippen LogP contribution in [0, 0.1) is 13.8 Å². The van der Waals surface area contributed by atoms with Crippen LogP contribution in [0.15, 0.2) is 23.1 Å². The Kier molecular flexibility index (Phi) is 7.67. The Bertz CT molecular complexity index is 1080. The number of amides is 1. The van der Waals surface area contributed by atoms with Crippen LogP contribution in [0.4, 0.5) is 5.69 Å². The first-order valence-electron chi connectivity index (χ1n) is 10.3. The SMILES string of the molecule is CCN(CC)S(=O)(=O)c1ccc(OC(C)C)c(NC(=O)c2[nH]c(C)c(C(C)=O)c2C)c1. The number of aromatic nitrogens is 1. The number of hydrogen-bond donors (Lipinski definition) is 2.